The summed E-state index contributed by atoms with van der Waals surface area (Å²) in [5, 5.41) is 0. The Balaban J connectivity index is 3.57. The van der Waals surface area contributed by atoms with Gasteiger partial charge in [0.05, 0.1) is 0 Å². The smallest absolute Gasteiger partial charge is 0.130 e. The van der Waals surface area contributed by atoms with E-state index in [1.54, 1.807) is 0 Å². The zero-order valence-corrected chi connectivity index (χ0v) is 9.75. The molecule has 2 heteroatoms. The van der Waals surface area contributed by atoms with Gasteiger partial charge in [0.25, 0.3) is 0 Å². The van der Waals surface area contributed by atoms with Crippen molar-refractivity contribution in [1.29, 1.82) is 0 Å². The number of hydrogen-bond acceptors (Lipinski definition) is 2. The molecule has 82 valence electrons. The Morgan fingerprint density at radius 2 is 2.07 bits per heavy atom. The van der Waals surface area contributed by atoms with Crippen molar-refractivity contribution in [2.75, 3.05) is 26.7 Å². The minimum Gasteiger partial charge on any atom is -0.364 e. The van der Waals surface area contributed by atoms with Crippen LogP contribution in [0.15, 0.2) is 0 Å². The third-order valence-corrected chi connectivity index (χ3v) is 2.17. The molecule has 14 heavy (non-hydrogen) atoms. The Morgan fingerprint density at radius 1 is 1.36 bits per heavy atom. The van der Waals surface area contributed by atoms with Crippen molar-refractivity contribution in [3.05, 3.63) is 0 Å². The fraction of sp³-hybridized carbons (Fsp3) is 0.833. The standard InChI is InChI=1S/C12H23NO/c1-5-8-9-10-13(4)11-12(6-2)14-7-3/h2,12H,5,7-11H2,1,3-4H3. The summed E-state index contributed by atoms with van der Waals surface area (Å²) in [4.78, 5) is 2.25. The highest BCUT2D eigenvalue weighted by Crippen LogP contribution is 1.99. The van der Waals surface area contributed by atoms with Crippen LogP contribution in [0.3, 0.4) is 0 Å². The predicted molar refractivity (Wildman–Crippen MR) is 61.3 cm³/mol. The van der Waals surface area contributed by atoms with E-state index in [0.29, 0.717) is 6.61 Å². The molecular formula is C12H23NO. The molecule has 0 aliphatic rings. The predicted octanol–water partition coefficient (Wildman–Crippen LogP) is 2.15. The van der Waals surface area contributed by atoms with Gasteiger partial charge < -0.3 is 9.64 Å². The number of rotatable bonds is 8. The minimum absolute atomic E-state index is 0.0494. The van der Waals surface area contributed by atoms with Crippen LogP contribution in [0.1, 0.15) is 33.1 Å². The van der Waals surface area contributed by atoms with E-state index < -0.39 is 0 Å². The van der Waals surface area contributed by atoms with Crippen molar-refractivity contribution >= 4 is 0 Å². The summed E-state index contributed by atoms with van der Waals surface area (Å²) >= 11 is 0. The first-order valence-corrected chi connectivity index (χ1v) is 5.50. The molecular weight excluding hydrogens is 174 g/mol. The number of likely N-dealkylation sites (N-methyl/N-ethyl adjacent to an activating group) is 1. The SMILES string of the molecule is C#CC(CN(C)CCCCC)OCC. The lowest BCUT2D eigenvalue weighted by atomic mass is 10.2. The maximum absolute atomic E-state index is 5.39. The molecule has 0 amide bonds. The lowest BCUT2D eigenvalue weighted by Crippen LogP contribution is -2.31. The van der Waals surface area contributed by atoms with E-state index in [0.717, 1.165) is 13.1 Å². The molecule has 0 fully saturated rings. The molecule has 0 rings (SSSR count). The first kappa shape index (κ1) is 13.5. The lowest BCUT2D eigenvalue weighted by Gasteiger charge is -2.20. The molecule has 0 radical (unpaired) electrons. The van der Waals surface area contributed by atoms with Gasteiger partial charge in [0, 0.05) is 13.2 Å². The van der Waals surface area contributed by atoms with Crippen LogP contribution in [-0.2, 0) is 4.74 Å². The van der Waals surface area contributed by atoms with E-state index in [2.05, 4.69) is 24.8 Å². The van der Waals surface area contributed by atoms with Gasteiger partial charge in [-0.1, -0.05) is 25.7 Å². The summed E-state index contributed by atoms with van der Waals surface area (Å²) in [5.74, 6) is 2.66. The van der Waals surface area contributed by atoms with Crippen molar-refractivity contribution in [3.8, 4) is 12.3 Å². The first-order chi connectivity index (χ1) is 6.74. The van der Waals surface area contributed by atoms with Crippen LogP contribution in [-0.4, -0.2) is 37.7 Å². The van der Waals surface area contributed by atoms with Crippen molar-refractivity contribution in [3.63, 3.8) is 0 Å². The quantitative estimate of drug-likeness (QED) is 0.437. The molecule has 0 aromatic carbocycles. The van der Waals surface area contributed by atoms with Crippen molar-refractivity contribution in [2.24, 2.45) is 0 Å². The molecule has 1 unspecified atom stereocenters. The second-order valence-corrected chi connectivity index (χ2v) is 3.58. The van der Waals surface area contributed by atoms with Crippen LogP contribution in [0.2, 0.25) is 0 Å². The fourth-order valence-electron chi connectivity index (χ4n) is 1.36. The molecule has 0 aromatic rings. The first-order valence-electron chi connectivity index (χ1n) is 5.50. The van der Waals surface area contributed by atoms with Crippen LogP contribution in [0.4, 0.5) is 0 Å². The van der Waals surface area contributed by atoms with Crippen molar-refractivity contribution < 1.29 is 4.74 Å². The monoisotopic (exact) mass is 197 g/mol. The van der Waals surface area contributed by atoms with Crippen LogP contribution < -0.4 is 0 Å². The van der Waals surface area contributed by atoms with Crippen LogP contribution >= 0.6 is 0 Å². The van der Waals surface area contributed by atoms with Gasteiger partial charge in [-0.3, -0.25) is 0 Å². The maximum Gasteiger partial charge on any atom is 0.130 e. The fourth-order valence-corrected chi connectivity index (χ4v) is 1.36. The molecule has 0 spiro atoms. The Labute approximate surface area is 88.6 Å². The number of nitrogens with zero attached hydrogens (tertiary/aromatic N) is 1. The average molecular weight is 197 g/mol. The van der Waals surface area contributed by atoms with E-state index in [1.807, 2.05) is 6.92 Å². The summed E-state index contributed by atoms with van der Waals surface area (Å²) in [7, 11) is 2.10. The molecule has 0 aromatic heterocycles. The van der Waals surface area contributed by atoms with Gasteiger partial charge in [-0.2, -0.15) is 0 Å². The highest BCUT2D eigenvalue weighted by Gasteiger charge is 2.07. The summed E-state index contributed by atoms with van der Waals surface area (Å²) in [6, 6.07) is 0. The zero-order chi connectivity index (χ0) is 10.8. The van der Waals surface area contributed by atoms with Crippen LogP contribution in [0, 0.1) is 12.3 Å². The summed E-state index contributed by atoms with van der Waals surface area (Å²) in [6.45, 7) is 6.83. The molecule has 0 aliphatic carbocycles. The summed E-state index contributed by atoms with van der Waals surface area (Å²) in [6.07, 6.45) is 9.11. The zero-order valence-electron chi connectivity index (χ0n) is 9.75. The number of ether oxygens (including phenoxy) is 1. The van der Waals surface area contributed by atoms with Gasteiger partial charge in [-0.15, -0.1) is 6.42 Å². The highest BCUT2D eigenvalue weighted by molar-refractivity contribution is 4.95. The molecule has 0 heterocycles. The van der Waals surface area contributed by atoms with Gasteiger partial charge in [0.15, 0.2) is 0 Å². The Hall–Kier alpha value is -0.520. The molecule has 0 saturated carbocycles. The highest BCUT2D eigenvalue weighted by atomic mass is 16.5. The molecule has 2 nitrogen and oxygen atoms in total. The molecule has 0 bridgehead atoms. The van der Waals surface area contributed by atoms with E-state index in [9.17, 15) is 0 Å². The van der Waals surface area contributed by atoms with E-state index in [1.165, 1.54) is 19.3 Å². The summed E-state index contributed by atoms with van der Waals surface area (Å²) in [5.41, 5.74) is 0. The molecule has 0 saturated heterocycles. The van der Waals surface area contributed by atoms with E-state index >= 15 is 0 Å². The second-order valence-electron chi connectivity index (χ2n) is 3.58. The van der Waals surface area contributed by atoms with Crippen molar-refractivity contribution in [2.45, 2.75) is 39.2 Å². The summed E-state index contributed by atoms with van der Waals surface area (Å²) < 4.78 is 5.39. The number of terminal acetylenes is 1. The maximum atomic E-state index is 5.39. The van der Waals surface area contributed by atoms with E-state index in [4.69, 9.17) is 11.2 Å². The van der Waals surface area contributed by atoms with Gasteiger partial charge in [0.2, 0.25) is 0 Å². The Kier molecular flexibility index (Phi) is 8.72. The average Bonchev–Trinajstić information content (AvgIpc) is 2.17. The lowest BCUT2D eigenvalue weighted by molar-refractivity contribution is 0.0765. The molecule has 0 N–H and O–H groups in total. The third-order valence-electron chi connectivity index (χ3n) is 2.17. The van der Waals surface area contributed by atoms with Crippen LogP contribution in [0.25, 0.3) is 0 Å². The largest absolute Gasteiger partial charge is 0.364 e. The van der Waals surface area contributed by atoms with Gasteiger partial charge in [0.1, 0.15) is 6.10 Å². The number of hydrogen-bond donors (Lipinski definition) is 0. The normalized spacial score (nSPS) is 12.8. The molecule has 0 aliphatic heterocycles. The van der Waals surface area contributed by atoms with Gasteiger partial charge in [-0.05, 0) is 26.9 Å². The number of unbranched alkanes of at least 4 members (excludes halogenated alkanes) is 2. The van der Waals surface area contributed by atoms with Crippen molar-refractivity contribution in [1.82, 2.24) is 4.90 Å². The third kappa shape index (κ3) is 6.94. The topological polar surface area (TPSA) is 12.5 Å². The second kappa shape index (κ2) is 9.05. The van der Waals surface area contributed by atoms with Crippen LogP contribution in [0.5, 0.6) is 0 Å². The van der Waals surface area contributed by atoms with Gasteiger partial charge in [-0.25, -0.2) is 0 Å². The minimum atomic E-state index is -0.0494. The van der Waals surface area contributed by atoms with E-state index in [-0.39, 0.29) is 6.10 Å². The Bertz CT molecular complexity index is 162. The van der Waals surface area contributed by atoms with Gasteiger partial charge >= 0.3 is 0 Å². The Morgan fingerprint density at radius 3 is 2.57 bits per heavy atom. The molecule has 1 atom stereocenters.